The highest BCUT2D eigenvalue weighted by atomic mass is 16.5. The number of fused-ring (bicyclic) bond motifs is 1. The van der Waals surface area contributed by atoms with Gasteiger partial charge in [-0.2, -0.15) is 5.10 Å². The Balaban J connectivity index is 2.39. The average molecular weight is 222 g/mol. The van der Waals surface area contributed by atoms with E-state index in [-0.39, 0.29) is 11.9 Å². The van der Waals surface area contributed by atoms with Crippen molar-refractivity contribution in [2.24, 2.45) is 7.05 Å². The van der Waals surface area contributed by atoms with Crippen molar-refractivity contribution in [3.05, 3.63) is 17.0 Å². The molecule has 1 aromatic heterocycles. The second-order valence-corrected chi connectivity index (χ2v) is 4.39. The molecule has 0 bridgehead atoms. The molecule has 0 saturated heterocycles. The lowest BCUT2D eigenvalue weighted by atomic mass is 9.92. The number of hydrogen-bond acceptors (Lipinski definition) is 3. The van der Waals surface area contributed by atoms with Crippen LogP contribution in [0.15, 0.2) is 0 Å². The van der Waals surface area contributed by atoms with Gasteiger partial charge < -0.3 is 4.74 Å². The normalized spacial score (nSPS) is 16.7. The summed E-state index contributed by atoms with van der Waals surface area (Å²) in [4.78, 5) is 11.6. The van der Waals surface area contributed by atoms with Crippen molar-refractivity contribution in [3.8, 4) is 0 Å². The lowest BCUT2D eigenvalue weighted by molar-refractivity contribution is -0.142. The Morgan fingerprint density at radius 2 is 2.12 bits per heavy atom. The summed E-state index contributed by atoms with van der Waals surface area (Å²) < 4.78 is 6.65. The van der Waals surface area contributed by atoms with Crippen LogP contribution in [-0.2, 0) is 29.4 Å². The summed E-state index contributed by atoms with van der Waals surface area (Å²) in [5.41, 5.74) is 3.47. The highest BCUT2D eigenvalue weighted by Crippen LogP contribution is 2.29. The molecule has 4 nitrogen and oxygen atoms in total. The van der Waals surface area contributed by atoms with Gasteiger partial charge in [-0.15, -0.1) is 0 Å². The maximum Gasteiger partial charge on any atom is 0.314 e. The van der Waals surface area contributed by atoms with Crippen molar-refractivity contribution in [2.45, 2.75) is 38.5 Å². The first kappa shape index (κ1) is 11.2. The van der Waals surface area contributed by atoms with Crippen molar-refractivity contribution in [2.75, 3.05) is 7.11 Å². The third-order valence-corrected chi connectivity index (χ3v) is 3.33. The van der Waals surface area contributed by atoms with Gasteiger partial charge in [0.25, 0.3) is 0 Å². The summed E-state index contributed by atoms with van der Waals surface area (Å²) in [6.07, 6.45) is 4.48. The van der Waals surface area contributed by atoms with E-state index in [1.807, 2.05) is 18.7 Å². The number of esters is 1. The van der Waals surface area contributed by atoms with Gasteiger partial charge in [0.05, 0.1) is 24.4 Å². The molecule has 2 rings (SSSR count). The smallest absolute Gasteiger partial charge is 0.314 e. The van der Waals surface area contributed by atoms with Crippen molar-refractivity contribution >= 4 is 5.97 Å². The maximum absolute atomic E-state index is 11.6. The molecule has 0 radical (unpaired) electrons. The standard InChI is InChI=1S/C12H18N2O2/c1-8(12(15)16-3)11-9-6-4-5-7-10(9)13-14(11)2/h8H,4-7H2,1-3H3. The number of methoxy groups -OCH3 is 1. The largest absolute Gasteiger partial charge is 0.469 e. The molecular formula is C12H18N2O2. The van der Waals surface area contributed by atoms with Gasteiger partial charge in [0.2, 0.25) is 0 Å². The summed E-state index contributed by atoms with van der Waals surface area (Å²) in [5.74, 6) is -0.402. The third-order valence-electron chi connectivity index (χ3n) is 3.33. The van der Waals surface area contributed by atoms with Crippen molar-refractivity contribution in [1.82, 2.24) is 9.78 Å². The van der Waals surface area contributed by atoms with Gasteiger partial charge in [0, 0.05) is 7.05 Å². The fourth-order valence-electron chi connectivity index (χ4n) is 2.54. The fourth-order valence-corrected chi connectivity index (χ4v) is 2.54. The zero-order valence-corrected chi connectivity index (χ0v) is 10.1. The van der Waals surface area contributed by atoms with Gasteiger partial charge in [-0.25, -0.2) is 0 Å². The number of aryl methyl sites for hydroxylation is 2. The van der Waals surface area contributed by atoms with Crippen LogP contribution in [0.1, 0.15) is 42.6 Å². The Kier molecular flexibility index (Phi) is 2.99. The van der Waals surface area contributed by atoms with E-state index >= 15 is 0 Å². The zero-order valence-electron chi connectivity index (χ0n) is 10.1. The molecule has 0 aromatic carbocycles. The van der Waals surface area contributed by atoms with E-state index in [2.05, 4.69) is 5.10 Å². The van der Waals surface area contributed by atoms with Gasteiger partial charge in [-0.05, 0) is 38.2 Å². The number of aromatic nitrogens is 2. The van der Waals surface area contributed by atoms with Gasteiger partial charge in [-0.1, -0.05) is 0 Å². The predicted molar refractivity (Wildman–Crippen MR) is 60.3 cm³/mol. The quantitative estimate of drug-likeness (QED) is 0.713. The lowest BCUT2D eigenvalue weighted by Crippen LogP contribution is -2.16. The Morgan fingerprint density at radius 1 is 1.44 bits per heavy atom. The predicted octanol–water partition coefficient (Wildman–Crippen LogP) is 1.58. The first-order valence-corrected chi connectivity index (χ1v) is 5.77. The summed E-state index contributed by atoms with van der Waals surface area (Å²) >= 11 is 0. The van der Waals surface area contributed by atoms with Gasteiger partial charge >= 0.3 is 5.97 Å². The molecule has 1 heterocycles. The molecule has 0 aliphatic heterocycles. The molecule has 1 aliphatic carbocycles. The molecule has 88 valence electrons. The molecule has 16 heavy (non-hydrogen) atoms. The van der Waals surface area contributed by atoms with Crippen molar-refractivity contribution in [1.29, 1.82) is 0 Å². The molecule has 0 fully saturated rings. The van der Waals surface area contributed by atoms with Crippen molar-refractivity contribution < 1.29 is 9.53 Å². The number of carbonyl (C=O) groups is 1. The van der Waals surface area contributed by atoms with Crippen LogP contribution in [0, 0.1) is 0 Å². The zero-order chi connectivity index (χ0) is 11.7. The molecule has 0 N–H and O–H groups in total. The van der Waals surface area contributed by atoms with Crippen LogP contribution < -0.4 is 0 Å². The molecule has 1 atom stereocenters. The first-order valence-electron chi connectivity index (χ1n) is 5.77. The minimum absolute atomic E-state index is 0.184. The van der Waals surface area contributed by atoms with E-state index < -0.39 is 0 Å². The second-order valence-electron chi connectivity index (χ2n) is 4.39. The molecule has 1 unspecified atom stereocenters. The number of hydrogen-bond donors (Lipinski definition) is 0. The molecule has 4 heteroatoms. The van der Waals surface area contributed by atoms with E-state index in [4.69, 9.17) is 4.74 Å². The molecular weight excluding hydrogens is 204 g/mol. The highest BCUT2D eigenvalue weighted by molar-refractivity contribution is 5.77. The molecule has 0 spiro atoms. The molecule has 1 aliphatic rings. The van der Waals surface area contributed by atoms with E-state index in [0.717, 1.165) is 18.5 Å². The van der Waals surface area contributed by atoms with Crippen LogP contribution in [0.2, 0.25) is 0 Å². The molecule has 1 aromatic rings. The van der Waals surface area contributed by atoms with Crippen LogP contribution in [0.25, 0.3) is 0 Å². The van der Waals surface area contributed by atoms with E-state index in [9.17, 15) is 4.79 Å². The second kappa shape index (κ2) is 4.28. The fraction of sp³-hybridized carbons (Fsp3) is 0.667. The lowest BCUT2D eigenvalue weighted by Gasteiger charge is -2.15. The average Bonchev–Trinajstić information content (AvgIpc) is 2.63. The maximum atomic E-state index is 11.6. The van der Waals surface area contributed by atoms with Crippen LogP contribution >= 0.6 is 0 Å². The Morgan fingerprint density at radius 3 is 2.81 bits per heavy atom. The summed E-state index contributed by atoms with van der Waals surface area (Å²) in [7, 11) is 3.34. The van der Waals surface area contributed by atoms with Gasteiger partial charge in [-0.3, -0.25) is 9.48 Å². The Labute approximate surface area is 95.6 Å². The number of rotatable bonds is 2. The summed E-state index contributed by atoms with van der Waals surface area (Å²) in [6.45, 7) is 1.89. The highest BCUT2D eigenvalue weighted by Gasteiger charge is 2.27. The minimum atomic E-state index is -0.218. The summed E-state index contributed by atoms with van der Waals surface area (Å²) in [5, 5.41) is 4.50. The van der Waals surface area contributed by atoms with Crippen molar-refractivity contribution in [3.63, 3.8) is 0 Å². The molecule has 0 saturated carbocycles. The SMILES string of the molecule is COC(=O)C(C)c1c2c(nn1C)CCCC2. The number of carbonyl (C=O) groups excluding carboxylic acids is 1. The van der Waals surface area contributed by atoms with E-state index in [1.54, 1.807) is 0 Å². The number of ether oxygens (including phenoxy) is 1. The summed E-state index contributed by atoms with van der Waals surface area (Å²) in [6, 6.07) is 0. The number of nitrogens with zero attached hydrogens (tertiary/aromatic N) is 2. The monoisotopic (exact) mass is 222 g/mol. The Hall–Kier alpha value is -1.32. The van der Waals surface area contributed by atoms with Gasteiger partial charge in [0.15, 0.2) is 0 Å². The topological polar surface area (TPSA) is 44.1 Å². The van der Waals surface area contributed by atoms with E-state index in [1.165, 1.54) is 31.2 Å². The molecule has 0 amide bonds. The van der Waals surface area contributed by atoms with Crippen LogP contribution in [-0.4, -0.2) is 22.9 Å². The Bertz CT molecular complexity index is 409. The van der Waals surface area contributed by atoms with Crippen LogP contribution in [0.5, 0.6) is 0 Å². The minimum Gasteiger partial charge on any atom is -0.469 e. The van der Waals surface area contributed by atoms with Gasteiger partial charge in [0.1, 0.15) is 0 Å². The van der Waals surface area contributed by atoms with E-state index in [0.29, 0.717) is 0 Å². The third kappa shape index (κ3) is 1.72. The van der Waals surface area contributed by atoms with Crippen LogP contribution in [0.3, 0.4) is 0 Å². The first-order chi connectivity index (χ1) is 7.65. The van der Waals surface area contributed by atoms with Crippen LogP contribution in [0.4, 0.5) is 0 Å².